The summed E-state index contributed by atoms with van der Waals surface area (Å²) in [6, 6.07) is 0. The molecule has 0 radical (unpaired) electrons. The second-order valence-corrected chi connectivity index (χ2v) is 3.23. The molecule has 1 unspecified atom stereocenters. The maximum absolute atomic E-state index is 8.47. The molecule has 0 aromatic rings. The van der Waals surface area contributed by atoms with Crippen molar-refractivity contribution in [2.75, 3.05) is 12.4 Å². The van der Waals surface area contributed by atoms with Gasteiger partial charge in [0.15, 0.2) is 0 Å². The third kappa shape index (κ3) is 6.43. The predicted molar refractivity (Wildman–Crippen MR) is 48.6 cm³/mol. The van der Waals surface area contributed by atoms with Crippen molar-refractivity contribution in [3.63, 3.8) is 0 Å². The summed E-state index contributed by atoms with van der Waals surface area (Å²) in [5, 5.41) is 8.47. The molecule has 1 atom stereocenters. The molecule has 0 saturated carbocycles. The predicted octanol–water partition coefficient (Wildman–Crippen LogP) is 2.10. The van der Waals surface area contributed by atoms with E-state index in [2.05, 4.69) is 19.6 Å². The van der Waals surface area contributed by atoms with Crippen LogP contribution in [0.2, 0.25) is 0 Å². The lowest BCUT2D eigenvalue weighted by molar-refractivity contribution is 0.281. The zero-order chi connectivity index (χ0) is 7.82. The minimum Gasteiger partial charge on any atom is -0.396 e. The standard InChI is InChI=1S/C8H18OS/c1-8(7-10)5-3-2-4-6-9/h8-10H,2-7H2,1H3. The van der Waals surface area contributed by atoms with Gasteiger partial charge in [-0.3, -0.25) is 0 Å². The Morgan fingerprint density at radius 1 is 1.30 bits per heavy atom. The quantitative estimate of drug-likeness (QED) is 0.453. The minimum atomic E-state index is 0.343. The smallest absolute Gasteiger partial charge is 0.0431 e. The van der Waals surface area contributed by atoms with Gasteiger partial charge in [-0.25, -0.2) is 0 Å². The highest BCUT2D eigenvalue weighted by molar-refractivity contribution is 7.80. The van der Waals surface area contributed by atoms with Crippen LogP contribution >= 0.6 is 12.6 Å². The summed E-state index contributed by atoms with van der Waals surface area (Å²) in [5.41, 5.74) is 0. The molecule has 0 aliphatic heterocycles. The van der Waals surface area contributed by atoms with Crippen molar-refractivity contribution < 1.29 is 5.11 Å². The van der Waals surface area contributed by atoms with Crippen LogP contribution in [-0.4, -0.2) is 17.5 Å². The molecule has 1 nitrogen and oxygen atoms in total. The third-order valence-electron chi connectivity index (χ3n) is 1.67. The number of thiol groups is 1. The van der Waals surface area contributed by atoms with Crippen LogP contribution in [-0.2, 0) is 0 Å². The molecule has 0 aliphatic rings. The van der Waals surface area contributed by atoms with Gasteiger partial charge in [0.25, 0.3) is 0 Å². The van der Waals surface area contributed by atoms with Crippen LogP contribution in [0.15, 0.2) is 0 Å². The molecule has 0 heterocycles. The molecule has 0 fully saturated rings. The van der Waals surface area contributed by atoms with E-state index in [4.69, 9.17) is 5.11 Å². The van der Waals surface area contributed by atoms with Crippen LogP contribution < -0.4 is 0 Å². The van der Waals surface area contributed by atoms with Crippen LogP contribution in [0.3, 0.4) is 0 Å². The van der Waals surface area contributed by atoms with E-state index in [0.717, 1.165) is 24.5 Å². The van der Waals surface area contributed by atoms with Crippen molar-refractivity contribution in [3.05, 3.63) is 0 Å². The van der Waals surface area contributed by atoms with Crippen molar-refractivity contribution in [2.24, 2.45) is 5.92 Å². The molecular formula is C8H18OS. The fraction of sp³-hybridized carbons (Fsp3) is 1.00. The largest absolute Gasteiger partial charge is 0.396 e. The molecule has 0 spiro atoms. The highest BCUT2D eigenvalue weighted by Crippen LogP contribution is 2.09. The summed E-state index contributed by atoms with van der Waals surface area (Å²) < 4.78 is 0. The zero-order valence-corrected chi connectivity index (χ0v) is 7.61. The van der Waals surface area contributed by atoms with E-state index < -0.39 is 0 Å². The Labute approximate surface area is 69.2 Å². The van der Waals surface area contributed by atoms with Gasteiger partial charge in [0.05, 0.1) is 0 Å². The normalized spacial score (nSPS) is 13.5. The molecule has 0 bridgehead atoms. The van der Waals surface area contributed by atoms with E-state index in [1.54, 1.807) is 0 Å². The zero-order valence-electron chi connectivity index (χ0n) is 6.71. The van der Waals surface area contributed by atoms with Gasteiger partial charge in [0.1, 0.15) is 0 Å². The maximum atomic E-state index is 8.47. The van der Waals surface area contributed by atoms with Crippen molar-refractivity contribution in [3.8, 4) is 0 Å². The van der Waals surface area contributed by atoms with E-state index in [1.807, 2.05) is 0 Å². The van der Waals surface area contributed by atoms with Crippen LogP contribution in [0.4, 0.5) is 0 Å². The van der Waals surface area contributed by atoms with Gasteiger partial charge in [-0.05, 0) is 24.5 Å². The van der Waals surface area contributed by atoms with Gasteiger partial charge in [-0.2, -0.15) is 12.6 Å². The van der Waals surface area contributed by atoms with Gasteiger partial charge in [0.2, 0.25) is 0 Å². The Morgan fingerprint density at radius 2 is 2.00 bits per heavy atom. The molecular weight excluding hydrogens is 144 g/mol. The second-order valence-electron chi connectivity index (χ2n) is 2.86. The molecule has 0 aliphatic carbocycles. The molecule has 0 aromatic heterocycles. The maximum Gasteiger partial charge on any atom is 0.0431 e. The third-order valence-corrected chi connectivity index (χ3v) is 2.29. The number of hydrogen-bond donors (Lipinski definition) is 2. The number of aliphatic hydroxyl groups is 1. The average Bonchev–Trinajstić information content (AvgIpc) is 1.98. The average molecular weight is 162 g/mol. The number of rotatable bonds is 6. The van der Waals surface area contributed by atoms with E-state index in [0.29, 0.717) is 6.61 Å². The minimum absolute atomic E-state index is 0.343. The summed E-state index contributed by atoms with van der Waals surface area (Å²) >= 11 is 4.19. The van der Waals surface area contributed by atoms with Gasteiger partial charge in [0, 0.05) is 6.61 Å². The van der Waals surface area contributed by atoms with Crippen LogP contribution in [0.5, 0.6) is 0 Å². The van der Waals surface area contributed by atoms with E-state index in [-0.39, 0.29) is 0 Å². The summed E-state index contributed by atoms with van der Waals surface area (Å²) in [7, 11) is 0. The summed E-state index contributed by atoms with van der Waals surface area (Å²) in [6.45, 7) is 2.56. The highest BCUT2D eigenvalue weighted by atomic mass is 32.1. The van der Waals surface area contributed by atoms with Crippen molar-refractivity contribution >= 4 is 12.6 Å². The van der Waals surface area contributed by atoms with E-state index >= 15 is 0 Å². The lowest BCUT2D eigenvalue weighted by Gasteiger charge is -2.05. The summed E-state index contributed by atoms with van der Waals surface area (Å²) in [6.07, 6.45) is 4.61. The lowest BCUT2D eigenvalue weighted by atomic mass is 10.1. The lowest BCUT2D eigenvalue weighted by Crippen LogP contribution is -1.95. The second kappa shape index (κ2) is 7.42. The molecule has 0 rings (SSSR count). The molecule has 10 heavy (non-hydrogen) atoms. The monoisotopic (exact) mass is 162 g/mol. The fourth-order valence-electron chi connectivity index (χ4n) is 0.873. The summed E-state index contributed by atoms with van der Waals surface area (Å²) in [4.78, 5) is 0. The molecule has 0 saturated heterocycles. The fourth-order valence-corrected chi connectivity index (χ4v) is 1.06. The van der Waals surface area contributed by atoms with Gasteiger partial charge >= 0.3 is 0 Å². The van der Waals surface area contributed by atoms with Crippen LogP contribution in [0.25, 0.3) is 0 Å². The first-order valence-corrected chi connectivity index (χ1v) is 4.66. The Hall–Kier alpha value is 0.310. The van der Waals surface area contributed by atoms with Gasteiger partial charge in [-0.1, -0.05) is 19.8 Å². The van der Waals surface area contributed by atoms with Crippen molar-refractivity contribution in [2.45, 2.75) is 32.6 Å². The molecule has 62 valence electrons. The first kappa shape index (κ1) is 10.3. The first-order valence-electron chi connectivity index (χ1n) is 4.03. The number of aliphatic hydroxyl groups excluding tert-OH is 1. The molecule has 2 heteroatoms. The van der Waals surface area contributed by atoms with Gasteiger partial charge in [-0.15, -0.1) is 0 Å². The van der Waals surface area contributed by atoms with Crippen LogP contribution in [0, 0.1) is 5.92 Å². The molecule has 0 aromatic carbocycles. The van der Waals surface area contributed by atoms with Crippen LogP contribution in [0.1, 0.15) is 32.6 Å². The Balaban J connectivity index is 2.89. The topological polar surface area (TPSA) is 20.2 Å². The molecule has 1 N–H and O–H groups in total. The van der Waals surface area contributed by atoms with Crippen molar-refractivity contribution in [1.29, 1.82) is 0 Å². The molecule has 0 amide bonds. The van der Waals surface area contributed by atoms with E-state index in [9.17, 15) is 0 Å². The number of unbranched alkanes of at least 4 members (excludes halogenated alkanes) is 2. The summed E-state index contributed by atoms with van der Waals surface area (Å²) in [5.74, 6) is 1.72. The SMILES string of the molecule is CC(CS)CCCCCO. The Kier molecular flexibility index (Phi) is 7.65. The highest BCUT2D eigenvalue weighted by Gasteiger charge is 1.97. The van der Waals surface area contributed by atoms with Crippen molar-refractivity contribution in [1.82, 2.24) is 0 Å². The Morgan fingerprint density at radius 3 is 2.50 bits per heavy atom. The Bertz CT molecular complexity index is 66.3. The van der Waals surface area contributed by atoms with E-state index in [1.165, 1.54) is 12.8 Å². The van der Waals surface area contributed by atoms with Gasteiger partial charge < -0.3 is 5.11 Å². The number of hydrogen-bond acceptors (Lipinski definition) is 2. The first-order chi connectivity index (χ1) is 4.81.